The number of nitrogens with one attached hydrogen (secondary N) is 1. The maximum absolute atomic E-state index is 11.8. The number of benzene rings is 1. The van der Waals surface area contributed by atoms with E-state index in [9.17, 15) is 4.79 Å². The van der Waals surface area contributed by atoms with Crippen molar-refractivity contribution in [3.63, 3.8) is 0 Å². The van der Waals surface area contributed by atoms with Crippen LogP contribution in [0.3, 0.4) is 0 Å². The predicted octanol–water partition coefficient (Wildman–Crippen LogP) is 2.49. The smallest absolute Gasteiger partial charge is 0.251 e. The number of carbonyl (C=O) groups is 1. The molecule has 0 atom stereocenters. The molecule has 0 heterocycles. The second-order valence-corrected chi connectivity index (χ2v) is 5.51. The Morgan fingerprint density at radius 3 is 2.28 bits per heavy atom. The van der Waals surface area contributed by atoms with Crippen molar-refractivity contribution in [1.29, 1.82) is 0 Å². The molecule has 0 bridgehead atoms. The van der Waals surface area contributed by atoms with Crippen LogP contribution in [0.15, 0.2) is 24.3 Å². The summed E-state index contributed by atoms with van der Waals surface area (Å²) in [6.45, 7) is 7.24. The lowest BCUT2D eigenvalue weighted by Crippen LogP contribution is -2.24. The van der Waals surface area contributed by atoms with E-state index < -0.39 is 0 Å². The molecule has 2 N–H and O–H groups in total. The summed E-state index contributed by atoms with van der Waals surface area (Å²) < 4.78 is 0. The minimum Gasteiger partial charge on any atom is -0.396 e. The van der Waals surface area contributed by atoms with E-state index in [4.69, 9.17) is 5.11 Å². The van der Waals surface area contributed by atoms with Crippen molar-refractivity contribution in [2.45, 2.75) is 39.0 Å². The SMILES string of the molecule is CC(C)(C)c1ccc(C(=O)NCCCCO)cc1. The first kappa shape index (κ1) is 14.7. The van der Waals surface area contributed by atoms with Crippen LogP contribution < -0.4 is 5.32 Å². The number of amides is 1. The standard InChI is InChI=1S/C15H23NO2/c1-15(2,3)13-8-6-12(7-9-13)14(18)16-10-4-5-11-17/h6-9,17H,4-5,10-11H2,1-3H3,(H,16,18). The summed E-state index contributed by atoms with van der Waals surface area (Å²) in [4.78, 5) is 11.8. The van der Waals surface area contributed by atoms with Crippen molar-refractivity contribution in [2.24, 2.45) is 0 Å². The van der Waals surface area contributed by atoms with E-state index in [1.807, 2.05) is 24.3 Å². The van der Waals surface area contributed by atoms with Gasteiger partial charge in [-0.3, -0.25) is 4.79 Å². The second-order valence-electron chi connectivity index (χ2n) is 5.51. The normalized spacial score (nSPS) is 11.3. The summed E-state index contributed by atoms with van der Waals surface area (Å²) in [5.74, 6) is -0.0478. The first-order chi connectivity index (χ1) is 8.45. The molecular weight excluding hydrogens is 226 g/mol. The van der Waals surface area contributed by atoms with Crippen LogP contribution in [-0.2, 0) is 5.41 Å². The monoisotopic (exact) mass is 249 g/mol. The molecular formula is C15H23NO2. The highest BCUT2D eigenvalue weighted by molar-refractivity contribution is 5.94. The number of hydrogen-bond acceptors (Lipinski definition) is 2. The van der Waals surface area contributed by atoms with E-state index in [1.165, 1.54) is 5.56 Å². The van der Waals surface area contributed by atoms with Gasteiger partial charge >= 0.3 is 0 Å². The van der Waals surface area contributed by atoms with E-state index in [-0.39, 0.29) is 17.9 Å². The van der Waals surface area contributed by atoms with Gasteiger partial charge in [-0.05, 0) is 36.0 Å². The van der Waals surface area contributed by atoms with Gasteiger partial charge in [0.25, 0.3) is 5.91 Å². The van der Waals surface area contributed by atoms with E-state index in [0.29, 0.717) is 12.1 Å². The molecule has 18 heavy (non-hydrogen) atoms. The summed E-state index contributed by atoms with van der Waals surface area (Å²) in [7, 11) is 0. The van der Waals surface area contributed by atoms with Crippen molar-refractivity contribution in [3.8, 4) is 0 Å². The molecule has 100 valence electrons. The minimum absolute atomic E-state index is 0.0478. The van der Waals surface area contributed by atoms with Crippen molar-refractivity contribution < 1.29 is 9.90 Å². The summed E-state index contributed by atoms with van der Waals surface area (Å²) in [5, 5.41) is 11.5. The number of aliphatic hydroxyl groups excluding tert-OH is 1. The summed E-state index contributed by atoms with van der Waals surface area (Å²) >= 11 is 0. The Labute approximate surface area is 109 Å². The molecule has 3 nitrogen and oxygen atoms in total. The molecule has 3 heteroatoms. The quantitative estimate of drug-likeness (QED) is 0.788. The van der Waals surface area contributed by atoms with Crippen LogP contribution in [0, 0.1) is 0 Å². The van der Waals surface area contributed by atoms with Gasteiger partial charge in [-0.15, -0.1) is 0 Å². The first-order valence-corrected chi connectivity index (χ1v) is 6.45. The third-order valence-electron chi connectivity index (χ3n) is 2.88. The largest absolute Gasteiger partial charge is 0.396 e. The maximum atomic E-state index is 11.8. The number of carbonyl (C=O) groups excluding carboxylic acids is 1. The predicted molar refractivity (Wildman–Crippen MR) is 73.8 cm³/mol. The molecule has 0 spiro atoms. The average Bonchev–Trinajstić information content (AvgIpc) is 2.33. The summed E-state index contributed by atoms with van der Waals surface area (Å²) in [6.07, 6.45) is 1.53. The lowest BCUT2D eigenvalue weighted by Gasteiger charge is -2.19. The lowest BCUT2D eigenvalue weighted by atomic mass is 9.87. The van der Waals surface area contributed by atoms with Gasteiger partial charge in [0.1, 0.15) is 0 Å². The van der Waals surface area contributed by atoms with Crippen LogP contribution >= 0.6 is 0 Å². The van der Waals surface area contributed by atoms with Crippen LogP contribution in [0.25, 0.3) is 0 Å². The van der Waals surface area contributed by atoms with Gasteiger partial charge in [0.2, 0.25) is 0 Å². The first-order valence-electron chi connectivity index (χ1n) is 6.45. The van der Waals surface area contributed by atoms with Gasteiger partial charge in [-0.25, -0.2) is 0 Å². The molecule has 1 rings (SSSR count). The van der Waals surface area contributed by atoms with Gasteiger partial charge < -0.3 is 10.4 Å². The van der Waals surface area contributed by atoms with E-state index in [1.54, 1.807) is 0 Å². The zero-order chi connectivity index (χ0) is 13.6. The summed E-state index contributed by atoms with van der Waals surface area (Å²) in [6, 6.07) is 7.73. The zero-order valence-corrected chi connectivity index (χ0v) is 11.5. The van der Waals surface area contributed by atoms with Crippen molar-refractivity contribution in [1.82, 2.24) is 5.32 Å². The number of unbranched alkanes of at least 4 members (excludes halogenated alkanes) is 1. The maximum Gasteiger partial charge on any atom is 0.251 e. The van der Waals surface area contributed by atoms with Crippen LogP contribution in [0.1, 0.15) is 49.5 Å². The highest BCUT2D eigenvalue weighted by Crippen LogP contribution is 2.22. The van der Waals surface area contributed by atoms with Crippen LogP contribution in [0.2, 0.25) is 0 Å². The minimum atomic E-state index is -0.0478. The molecule has 0 saturated heterocycles. The van der Waals surface area contributed by atoms with Crippen LogP contribution in [-0.4, -0.2) is 24.2 Å². The van der Waals surface area contributed by atoms with Gasteiger partial charge in [-0.1, -0.05) is 32.9 Å². The molecule has 0 saturated carbocycles. The van der Waals surface area contributed by atoms with E-state index >= 15 is 0 Å². The topological polar surface area (TPSA) is 49.3 Å². The Morgan fingerprint density at radius 2 is 1.78 bits per heavy atom. The van der Waals surface area contributed by atoms with Gasteiger partial charge in [0, 0.05) is 18.7 Å². The fraction of sp³-hybridized carbons (Fsp3) is 0.533. The molecule has 0 fully saturated rings. The molecule has 0 unspecified atom stereocenters. The Kier molecular flexibility index (Phi) is 5.35. The van der Waals surface area contributed by atoms with Gasteiger partial charge in [0.05, 0.1) is 0 Å². The summed E-state index contributed by atoms with van der Waals surface area (Å²) in [5.41, 5.74) is 2.02. The number of hydrogen-bond donors (Lipinski definition) is 2. The molecule has 0 radical (unpaired) electrons. The molecule has 0 aliphatic heterocycles. The fourth-order valence-electron chi connectivity index (χ4n) is 1.66. The molecule has 0 aliphatic carbocycles. The van der Waals surface area contributed by atoms with Gasteiger partial charge in [-0.2, -0.15) is 0 Å². The van der Waals surface area contributed by atoms with Gasteiger partial charge in [0.15, 0.2) is 0 Å². The average molecular weight is 249 g/mol. The molecule has 1 aromatic rings. The number of rotatable bonds is 5. The lowest BCUT2D eigenvalue weighted by molar-refractivity contribution is 0.0952. The van der Waals surface area contributed by atoms with Crippen LogP contribution in [0.5, 0.6) is 0 Å². The van der Waals surface area contributed by atoms with E-state index in [2.05, 4.69) is 26.1 Å². The highest BCUT2D eigenvalue weighted by atomic mass is 16.2. The van der Waals surface area contributed by atoms with Crippen molar-refractivity contribution in [2.75, 3.05) is 13.2 Å². The Hall–Kier alpha value is -1.35. The Bertz CT molecular complexity index is 376. The van der Waals surface area contributed by atoms with Crippen molar-refractivity contribution >= 4 is 5.91 Å². The van der Waals surface area contributed by atoms with E-state index in [0.717, 1.165) is 12.8 Å². The fourth-order valence-corrected chi connectivity index (χ4v) is 1.66. The number of aliphatic hydroxyl groups is 1. The second kappa shape index (κ2) is 6.55. The Morgan fingerprint density at radius 1 is 1.17 bits per heavy atom. The zero-order valence-electron chi connectivity index (χ0n) is 11.5. The van der Waals surface area contributed by atoms with Crippen molar-refractivity contribution in [3.05, 3.63) is 35.4 Å². The molecule has 1 amide bonds. The molecule has 1 aromatic carbocycles. The third kappa shape index (κ3) is 4.49. The molecule has 0 aliphatic rings. The highest BCUT2D eigenvalue weighted by Gasteiger charge is 2.13. The third-order valence-corrected chi connectivity index (χ3v) is 2.88. The molecule has 0 aromatic heterocycles. The van der Waals surface area contributed by atoms with Crippen LogP contribution in [0.4, 0.5) is 0 Å². The Balaban J connectivity index is 2.54.